The number of para-hydroxylation sites is 1. The fourth-order valence-electron chi connectivity index (χ4n) is 3.35. The Morgan fingerprint density at radius 2 is 2.12 bits per heavy atom. The predicted molar refractivity (Wildman–Crippen MR) is 93.0 cm³/mol. The molecule has 0 spiro atoms. The van der Waals surface area contributed by atoms with Gasteiger partial charge in [-0.1, -0.05) is 12.1 Å². The highest BCUT2D eigenvalue weighted by molar-refractivity contribution is 8.01. The van der Waals surface area contributed by atoms with Crippen molar-refractivity contribution in [3.63, 3.8) is 0 Å². The Labute approximate surface area is 146 Å². The van der Waals surface area contributed by atoms with Crippen LogP contribution in [0, 0.1) is 5.92 Å². The van der Waals surface area contributed by atoms with Crippen LogP contribution in [0.1, 0.15) is 25.7 Å². The van der Waals surface area contributed by atoms with E-state index in [1.54, 1.807) is 0 Å². The van der Waals surface area contributed by atoms with E-state index in [-0.39, 0.29) is 23.5 Å². The number of carbonyl (C=O) groups is 2. The van der Waals surface area contributed by atoms with Gasteiger partial charge in [0.1, 0.15) is 0 Å². The number of thioether (sulfide) groups is 1. The molecule has 1 aromatic carbocycles. The van der Waals surface area contributed by atoms with Crippen LogP contribution >= 0.6 is 11.8 Å². The van der Waals surface area contributed by atoms with Gasteiger partial charge >= 0.3 is 0 Å². The molecule has 2 amide bonds. The lowest BCUT2D eigenvalue weighted by atomic mass is 10.1. The minimum Gasteiger partial charge on any atom is -0.381 e. The minimum absolute atomic E-state index is 0.0630. The van der Waals surface area contributed by atoms with Crippen molar-refractivity contribution in [3.05, 3.63) is 24.3 Å². The lowest BCUT2D eigenvalue weighted by Crippen LogP contribution is -2.41. The standard InChI is InChI=1S/C18H22N2O3S/c21-17(20(13-5-6-13)10-12-7-8-23-11-12)9-16-18(22)19-14-3-1-2-4-15(14)24-16/h1-4,12-13,16H,5-11H2,(H,19,22). The SMILES string of the molecule is O=C1Nc2ccccc2SC1CC(=O)N(CC1CCOC1)C1CC1. The minimum atomic E-state index is -0.339. The van der Waals surface area contributed by atoms with E-state index in [4.69, 9.17) is 4.74 Å². The Hall–Kier alpha value is -1.53. The molecule has 5 nitrogen and oxygen atoms in total. The molecule has 4 rings (SSSR count). The summed E-state index contributed by atoms with van der Waals surface area (Å²) in [4.78, 5) is 28.2. The fraction of sp³-hybridized carbons (Fsp3) is 0.556. The van der Waals surface area contributed by atoms with Gasteiger partial charge in [0.2, 0.25) is 11.8 Å². The smallest absolute Gasteiger partial charge is 0.238 e. The van der Waals surface area contributed by atoms with Gasteiger partial charge in [0.05, 0.1) is 17.5 Å². The molecular formula is C18H22N2O3S. The maximum absolute atomic E-state index is 12.8. The molecule has 0 radical (unpaired) electrons. The highest BCUT2D eigenvalue weighted by Gasteiger charge is 2.37. The number of amides is 2. The number of anilines is 1. The number of hydrogen-bond acceptors (Lipinski definition) is 4. The largest absolute Gasteiger partial charge is 0.381 e. The van der Waals surface area contributed by atoms with E-state index in [1.807, 2.05) is 29.2 Å². The van der Waals surface area contributed by atoms with Crippen LogP contribution in [-0.4, -0.2) is 47.8 Å². The highest BCUT2D eigenvalue weighted by atomic mass is 32.2. The van der Waals surface area contributed by atoms with Gasteiger partial charge in [0.25, 0.3) is 0 Å². The first-order chi connectivity index (χ1) is 11.7. The summed E-state index contributed by atoms with van der Waals surface area (Å²) in [5.74, 6) is 0.492. The molecule has 1 N–H and O–H groups in total. The quantitative estimate of drug-likeness (QED) is 0.890. The molecule has 0 bridgehead atoms. The molecule has 1 saturated heterocycles. The summed E-state index contributed by atoms with van der Waals surface area (Å²) in [5.41, 5.74) is 0.846. The van der Waals surface area contributed by atoms with E-state index in [9.17, 15) is 9.59 Å². The van der Waals surface area contributed by atoms with Gasteiger partial charge in [0.15, 0.2) is 0 Å². The molecule has 2 heterocycles. The van der Waals surface area contributed by atoms with Crippen LogP contribution in [0.3, 0.4) is 0 Å². The van der Waals surface area contributed by atoms with Crippen LogP contribution in [0.15, 0.2) is 29.2 Å². The van der Waals surface area contributed by atoms with E-state index in [2.05, 4.69) is 5.32 Å². The normalized spacial score (nSPS) is 25.9. The Bertz CT molecular complexity index is 641. The van der Waals surface area contributed by atoms with Crippen molar-refractivity contribution < 1.29 is 14.3 Å². The van der Waals surface area contributed by atoms with Crippen LogP contribution in [-0.2, 0) is 14.3 Å². The van der Waals surface area contributed by atoms with E-state index < -0.39 is 0 Å². The molecule has 3 aliphatic rings. The topological polar surface area (TPSA) is 58.6 Å². The molecule has 1 aliphatic carbocycles. The Kier molecular flexibility index (Phi) is 4.50. The van der Waals surface area contributed by atoms with Crippen molar-refractivity contribution in [2.75, 3.05) is 25.1 Å². The van der Waals surface area contributed by atoms with Crippen molar-refractivity contribution in [1.29, 1.82) is 0 Å². The molecule has 2 aliphatic heterocycles. The lowest BCUT2D eigenvalue weighted by molar-refractivity contribution is -0.133. The first kappa shape index (κ1) is 16.0. The van der Waals surface area contributed by atoms with E-state index in [1.165, 1.54) is 11.8 Å². The predicted octanol–water partition coefficient (Wildman–Crippen LogP) is 2.52. The zero-order valence-corrected chi connectivity index (χ0v) is 14.4. The first-order valence-electron chi connectivity index (χ1n) is 8.64. The third kappa shape index (κ3) is 3.44. The monoisotopic (exact) mass is 346 g/mol. The number of carbonyl (C=O) groups excluding carboxylic acids is 2. The van der Waals surface area contributed by atoms with Gasteiger partial charge in [-0.2, -0.15) is 0 Å². The average Bonchev–Trinajstić information content (AvgIpc) is 3.29. The van der Waals surface area contributed by atoms with E-state index in [0.29, 0.717) is 12.0 Å². The highest BCUT2D eigenvalue weighted by Crippen LogP contribution is 2.37. The van der Waals surface area contributed by atoms with Gasteiger partial charge in [-0.25, -0.2) is 0 Å². The zero-order chi connectivity index (χ0) is 16.5. The molecule has 0 aromatic heterocycles. The van der Waals surface area contributed by atoms with Crippen molar-refractivity contribution in [1.82, 2.24) is 4.90 Å². The molecule has 6 heteroatoms. The zero-order valence-electron chi connectivity index (χ0n) is 13.6. The number of rotatable bonds is 5. The molecule has 2 fully saturated rings. The van der Waals surface area contributed by atoms with Crippen LogP contribution in [0.4, 0.5) is 5.69 Å². The summed E-state index contributed by atoms with van der Waals surface area (Å²) in [6.07, 6.45) is 3.48. The lowest BCUT2D eigenvalue weighted by Gasteiger charge is -2.28. The number of benzene rings is 1. The number of nitrogens with zero attached hydrogens (tertiary/aromatic N) is 1. The van der Waals surface area contributed by atoms with Crippen molar-refractivity contribution in [2.45, 2.75) is 41.9 Å². The van der Waals surface area contributed by atoms with Crippen LogP contribution in [0.5, 0.6) is 0 Å². The summed E-state index contributed by atoms with van der Waals surface area (Å²) in [7, 11) is 0. The van der Waals surface area contributed by atoms with E-state index in [0.717, 1.165) is 49.6 Å². The van der Waals surface area contributed by atoms with Crippen molar-refractivity contribution in [3.8, 4) is 0 Å². The Morgan fingerprint density at radius 1 is 1.29 bits per heavy atom. The molecule has 2 atom stereocenters. The summed E-state index contributed by atoms with van der Waals surface area (Å²) < 4.78 is 5.44. The van der Waals surface area contributed by atoms with Crippen LogP contribution in [0.25, 0.3) is 0 Å². The number of nitrogens with one attached hydrogen (secondary N) is 1. The third-order valence-corrected chi connectivity index (χ3v) is 6.13. The maximum Gasteiger partial charge on any atom is 0.238 e. The maximum atomic E-state index is 12.8. The molecule has 2 unspecified atom stereocenters. The van der Waals surface area contributed by atoms with Gasteiger partial charge in [0, 0.05) is 36.4 Å². The molecule has 128 valence electrons. The second kappa shape index (κ2) is 6.76. The van der Waals surface area contributed by atoms with Gasteiger partial charge in [-0.3, -0.25) is 9.59 Å². The molecular weight excluding hydrogens is 324 g/mol. The average molecular weight is 346 g/mol. The number of ether oxygens (including phenoxy) is 1. The second-order valence-electron chi connectivity index (χ2n) is 6.80. The number of fused-ring (bicyclic) bond motifs is 1. The molecule has 1 aromatic rings. The Morgan fingerprint density at radius 3 is 2.88 bits per heavy atom. The van der Waals surface area contributed by atoms with E-state index >= 15 is 0 Å². The summed E-state index contributed by atoms with van der Waals surface area (Å²) in [6.45, 7) is 2.33. The van der Waals surface area contributed by atoms with Crippen LogP contribution < -0.4 is 5.32 Å². The fourth-order valence-corrected chi connectivity index (χ4v) is 4.45. The van der Waals surface area contributed by atoms with Gasteiger partial charge in [-0.15, -0.1) is 11.8 Å². The third-order valence-electron chi connectivity index (χ3n) is 4.85. The molecule has 1 saturated carbocycles. The summed E-state index contributed by atoms with van der Waals surface area (Å²) in [6, 6.07) is 8.13. The Balaban J connectivity index is 1.41. The van der Waals surface area contributed by atoms with Crippen LogP contribution in [0.2, 0.25) is 0 Å². The molecule has 24 heavy (non-hydrogen) atoms. The second-order valence-corrected chi connectivity index (χ2v) is 8.05. The number of hydrogen-bond donors (Lipinski definition) is 1. The van der Waals surface area contributed by atoms with Crippen molar-refractivity contribution >= 4 is 29.3 Å². The first-order valence-corrected chi connectivity index (χ1v) is 9.52. The van der Waals surface area contributed by atoms with Gasteiger partial charge in [-0.05, 0) is 31.4 Å². The summed E-state index contributed by atoms with van der Waals surface area (Å²) in [5, 5.41) is 2.58. The van der Waals surface area contributed by atoms with Crippen molar-refractivity contribution in [2.24, 2.45) is 5.92 Å². The van der Waals surface area contributed by atoms with Gasteiger partial charge < -0.3 is 15.0 Å². The summed E-state index contributed by atoms with van der Waals surface area (Å²) >= 11 is 1.50.